The third-order valence-electron chi connectivity index (χ3n) is 3.11. The van der Waals surface area contributed by atoms with Crippen LogP contribution in [0.15, 0.2) is 47.4 Å². The summed E-state index contributed by atoms with van der Waals surface area (Å²) in [6.07, 6.45) is 0. The minimum atomic E-state index is -3.83. The number of benzene rings is 2. The van der Waals surface area contributed by atoms with Gasteiger partial charge in [0.05, 0.1) is 9.82 Å². The van der Waals surface area contributed by atoms with Crippen molar-refractivity contribution < 1.29 is 18.1 Å². The zero-order valence-electron chi connectivity index (χ0n) is 12.0. The van der Waals surface area contributed by atoms with Gasteiger partial charge in [-0.2, -0.15) is 0 Å². The number of anilines is 1. The Labute approximate surface area is 132 Å². The molecule has 0 fully saturated rings. The highest BCUT2D eigenvalue weighted by molar-refractivity contribution is 7.89. The number of amides is 1. The fraction of sp³-hybridized carbons (Fsp3) is 0.0714. The molecule has 0 aliphatic heterocycles. The molecule has 0 aromatic heterocycles. The van der Waals surface area contributed by atoms with E-state index in [1.54, 1.807) is 6.07 Å². The summed E-state index contributed by atoms with van der Waals surface area (Å²) in [7, 11) is -3.83. The molecule has 0 spiro atoms. The standard InChI is InChI=1S/C14H13N3O5S/c1-9-3-2-4-12(13(9)17(19)20)14(18)16-10-5-7-11(8-6-10)23(15,21)22/h2-8H,1H3,(H,16,18)(H2,15,21,22). The zero-order valence-corrected chi connectivity index (χ0v) is 12.8. The second-order valence-corrected chi connectivity index (χ2v) is 6.31. The normalized spacial score (nSPS) is 11.0. The second kappa shape index (κ2) is 6.15. The second-order valence-electron chi connectivity index (χ2n) is 4.75. The van der Waals surface area contributed by atoms with E-state index in [1.807, 2.05) is 0 Å². The van der Waals surface area contributed by atoms with Crippen molar-refractivity contribution >= 4 is 27.3 Å². The summed E-state index contributed by atoms with van der Waals surface area (Å²) in [6.45, 7) is 1.54. The number of carbonyl (C=O) groups excluding carboxylic acids is 1. The monoisotopic (exact) mass is 335 g/mol. The third-order valence-corrected chi connectivity index (χ3v) is 4.03. The van der Waals surface area contributed by atoms with E-state index in [0.717, 1.165) is 0 Å². The van der Waals surface area contributed by atoms with Crippen molar-refractivity contribution in [2.75, 3.05) is 5.32 Å². The number of nitro benzene ring substituents is 1. The Balaban J connectivity index is 2.30. The van der Waals surface area contributed by atoms with E-state index < -0.39 is 20.9 Å². The number of hydrogen-bond donors (Lipinski definition) is 2. The van der Waals surface area contributed by atoms with Crippen LogP contribution in [0.4, 0.5) is 11.4 Å². The van der Waals surface area contributed by atoms with Gasteiger partial charge in [-0.05, 0) is 37.3 Å². The Bertz CT molecular complexity index is 876. The number of sulfonamides is 1. The molecule has 0 heterocycles. The maximum Gasteiger partial charge on any atom is 0.285 e. The Morgan fingerprint density at radius 2 is 1.78 bits per heavy atom. The molecule has 2 aromatic rings. The van der Waals surface area contributed by atoms with E-state index in [9.17, 15) is 23.3 Å². The molecule has 0 bridgehead atoms. The number of nitrogens with two attached hydrogens (primary N) is 1. The summed E-state index contributed by atoms with van der Waals surface area (Å²) in [5, 5.41) is 18.6. The van der Waals surface area contributed by atoms with Crippen LogP contribution in [0.3, 0.4) is 0 Å². The molecular weight excluding hydrogens is 322 g/mol. The van der Waals surface area contributed by atoms with E-state index in [0.29, 0.717) is 11.3 Å². The number of rotatable bonds is 4. The molecule has 23 heavy (non-hydrogen) atoms. The summed E-state index contributed by atoms with van der Waals surface area (Å²) >= 11 is 0. The van der Waals surface area contributed by atoms with E-state index in [2.05, 4.69) is 5.32 Å². The first-order valence-electron chi connectivity index (χ1n) is 6.38. The lowest BCUT2D eigenvalue weighted by Gasteiger charge is -2.07. The van der Waals surface area contributed by atoms with Gasteiger partial charge in [0, 0.05) is 11.3 Å². The number of primary sulfonamides is 1. The largest absolute Gasteiger partial charge is 0.322 e. The van der Waals surface area contributed by atoms with Crippen LogP contribution in [0.5, 0.6) is 0 Å². The van der Waals surface area contributed by atoms with Gasteiger partial charge >= 0.3 is 0 Å². The van der Waals surface area contributed by atoms with E-state index >= 15 is 0 Å². The lowest BCUT2D eigenvalue weighted by atomic mass is 10.1. The van der Waals surface area contributed by atoms with Gasteiger partial charge < -0.3 is 5.32 Å². The Morgan fingerprint density at radius 3 is 2.30 bits per heavy atom. The first-order chi connectivity index (χ1) is 10.7. The maximum absolute atomic E-state index is 12.2. The van der Waals surface area contributed by atoms with Crippen LogP contribution in [-0.4, -0.2) is 19.2 Å². The van der Waals surface area contributed by atoms with Crippen molar-refractivity contribution in [3.63, 3.8) is 0 Å². The predicted octanol–water partition coefficient (Wildman–Crippen LogP) is 1.80. The van der Waals surface area contributed by atoms with Crippen molar-refractivity contribution in [2.24, 2.45) is 5.14 Å². The predicted molar refractivity (Wildman–Crippen MR) is 83.6 cm³/mol. The average molecular weight is 335 g/mol. The lowest BCUT2D eigenvalue weighted by Crippen LogP contribution is -2.15. The number of aryl methyl sites for hydroxylation is 1. The number of carbonyl (C=O) groups is 1. The van der Waals surface area contributed by atoms with E-state index in [4.69, 9.17) is 5.14 Å². The number of nitro groups is 1. The van der Waals surface area contributed by atoms with Gasteiger partial charge in [0.25, 0.3) is 11.6 Å². The number of nitrogens with zero attached hydrogens (tertiary/aromatic N) is 1. The maximum atomic E-state index is 12.2. The first kappa shape index (κ1) is 16.6. The van der Waals surface area contributed by atoms with Crippen LogP contribution in [0, 0.1) is 17.0 Å². The molecule has 0 saturated heterocycles. The first-order valence-corrected chi connectivity index (χ1v) is 7.93. The van der Waals surface area contributed by atoms with Gasteiger partial charge in [0.2, 0.25) is 10.0 Å². The molecule has 120 valence electrons. The van der Waals surface area contributed by atoms with Crippen LogP contribution in [-0.2, 0) is 10.0 Å². The molecule has 2 aromatic carbocycles. The van der Waals surface area contributed by atoms with Gasteiger partial charge in [0.1, 0.15) is 5.56 Å². The van der Waals surface area contributed by atoms with Gasteiger partial charge in [0.15, 0.2) is 0 Å². The van der Waals surface area contributed by atoms with Crippen LogP contribution in [0.1, 0.15) is 15.9 Å². The topological polar surface area (TPSA) is 132 Å². The van der Waals surface area contributed by atoms with Gasteiger partial charge in [-0.25, -0.2) is 13.6 Å². The Morgan fingerprint density at radius 1 is 1.17 bits per heavy atom. The SMILES string of the molecule is Cc1cccc(C(=O)Nc2ccc(S(N)(=O)=O)cc2)c1[N+](=O)[O-]. The summed E-state index contributed by atoms with van der Waals surface area (Å²) in [6, 6.07) is 9.58. The van der Waals surface area contributed by atoms with Crippen LogP contribution < -0.4 is 10.5 Å². The van der Waals surface area contributed by atoms with Gasteiger partial charge in [-0.1, -0.05) is 12.1 Å². The summed E-state index contributed by atoms with van der Waals surface area (Å²) in [4.78, 5) is 22.6. The molecule has 1 amide bonds. The van der Waals surface area contributed by atoms with Crippen LogP contribution in [0.25, 0.3) is 0 Å². The van der Waals surface area contributed by atoms with Gasteiger partial charge in [-0.3, -0.25) is 14.9 Å². The fourth-order valence-electron chi connectivity index (χ4n) is 2.01. The highest BCUT2D eigenvalue weighted by Gasteiger charge is 2.22. The van der Waals surface area contributed by atoms with Crippen molar-refractivity contribution in [3.05, 3.63) is 63.7 Å². The summed E-state index contributed by atoms with van der Waals surface area (Å²) in [5.74, 6) is -0.663. The molecule has 8 nitrogen and oxygen atoms in total. The number of hydrogen-bond acceptors (Lipinski definition) is 5. The Kier molecular flexibility index (Phi) is 4.43. The fourth-order valence-corrected chi connectivity index (χ4v) is 2.53. The molecule has 0 aliphatic rings. The Hall–Kier alpha value is -2.78. The minimum Gasteiger partial charge on any atom is -0.322 e. The highest BCUT2D eigenvalue weighted by Crippen LogP contribution is 2.24. The third kappa shape index (κ3) is 3.71. The van der Waals surface area contributed by atoms with E-state index in [-0.39, 0.29) is 16.1 Å². The lowest BCUT2D eigenvalue weighted by molar-refractivity contribution is -0.385. The van der Waals surface area contributed by atoms with Crippen molar-refractivity contribution in [2.45, 2.75) is 11.8 Å². The smallest absolute Gasteiger partial charge is 0.285 e. The molecule has 0 radical (unpaired) electrons. The minimum absolute atomic E-state index is 0.0782. The number of nitrogens with one attached hydrogen (secondary N) is 1. The van der Waals surface area contributed by atoms with Crippen molar-refractivity contribution in [3.8, 4) is 0 Å². The molecule has 2 rings (SSSR count). The van der Waals surface area contributed by atoms with E-state index in [1.165, 1.54) is 43.3 Å². The molecule has 0 atom stereocenters. The molecule has 3 N–H and O–H groups in total. The van der Waals surface area contributed by atoms with Crippen LogP contribution >= 0.6 is 0 Å². The summed E-state index contributed by atoms with van der Waals surface area (Å²) < 4.78 is 22.3. The average Bonchev–Trinajstić information content (AvgIpc) is 2.46. The molecule has 0 saturated carbocycles. The van der Waals surface area contributed by atoms with Crippen molar-refractivity contribution in [1.82, 2.24) is 0 Å². The molecule has 9 heteroatoms. The van der Waals surface area contributed by atoms with Crippen LogP contribution in [0.2, 0.25) is 0 Å². The highest BCUT2D eigenvalue weighted by atomic mass is 32.2. The quantitative estimate of drug-likeness (QED) is 0.649. The summed E-state index contributed by atoms with van der Waals surface area (Å²) in [5.41, 5.74) is 0.308. The molecule has 0 aliphatic carbocycles. The number of para-hydroxylation sites is 1. The van der Waals surface area contributed by atoms with Gasteiger partial charge in [-0.15, -0.1) is 0 Å². The molecular formula is C14H13N3O5S. The van der Waals surface area contributed by atoms with Crippen molar-refractivity contribution in [1.29, 1.82) is 0 Å². The molecule has 0 unspecified atom stereocenters. The zero-order chi connectivity index (χ0) is 17.2.